The van der Waals surface area contributed by atoms with Crippen LogP contribution in [0.4, 0.5) is 0 Å². The Bertz CT molecular complexity index is 537. The van der Waals surface area contributed by atoms with Crippen LogP contribution in [0.3, 0.4) is 0 Å². The summed E-state index contributed by atoms with van der Waals surface area (Å²) >= 11 is 3.29. The Hall–Kier alpha value is -0.793. The largest absolute Gasteiger partial charge is 0.359 e. The van der Waals surface area contributed by atoms with Gasteiger partial charge in [-0.3, -0.25) is 0 Å². The lowest BCUT2D eigenvalue weighted by atomic mass is 10.5. The standard InChI is InChI=1S/C11H17BrN4OSi/c1-18(2,3)5-4-17-8-16-11-9(6-14-16)15-10(12)7-13-11/h6-7H,4-5,8H2,1-3H3. The molecule has 2 rings (SSSR count). The number of fused-ring (bicyclic) bond motifs is 1. The van der Waals surface area contributed by atoms with Gasteiger partial charge in [-0.05, 0) is 22.0 Å². The fraction of sp³-hybridized carbons (Fsp3) is 0.545. The van der Waals surface area contributed by atoms with Gasteiger partial charge in [0.1, 0.15) is 16.9 Å². The van der Waals surface area contributed by atoms with Crippen LogP contribution in [0.1, 0.15) is 0 Å². The molecule has 0 atom stereocenters. The predicted octanol–water partition coefficient (Wildman–Crippen LogP) is 2.90. The highest BCUT2D eigenvalue weighted by molar-refractivity contribution is 9.10. The van der Waals surface area contributed by atoms with E-state index in [1.807, 2.05) is 0 Å². The minimum Gasteiger partial charge on any atom is -0.359 e. The van der Waals surface area contributed by atoms with Gasteiger partial charge in [0.05, 0.1) is 12.4 Å². The Morgan fingerprint density at radius 2 is 2.11 bits per heavy atom. The lowest BCUT2D eigenvalue weighted by molar-refractivity contribution is 0.0813. The molecule has 0 saturated carbocycles. The minimum absolute atomic E-state index is 0.435. The van der Waals surface area contributed by atoms with Crippen molar-refractivity contribution in [3.63, 3.8) is 0 Å². The fourth-order valence-corrected chi connectivity index (χ4v) is 2.51. The van der Waals surface area contributed by atoms with E-state index < -0.39 is 8.07 Å². The van der Waals surface area contributed by atoms with Crippen molar-refractivity contribution in [3.05, 3.63) is 17.0 Å². The van der Waals surface area contributed by atoms with Crippen molar-refractivity contribution in [1.82, 2.24) is 19.7 Å². The first kappa shape index (κ1) is 13.6. The zero-order valence-electron chi connectivity index (χ0n) is 10.9. The Morgan fingerprint density at radius 3 is 2.83 bits per heavy atom. The van der Waals surface area contributed by atoms with E-state index in [1.165, 1.54) is 0 Å². The summed E-state index contributed by atoms with van der Waals surface area (Å²) in [5, 5.41) is 4.23. The normalized spacial score (nSPS) is 12.2. The van der Waals surface area contributed by atoms with E-state index in [1.54, 1.807) is 17.1 Å². The van der Waals surface area contributed by atoms with Crippen molar-refractivity contribution in [2.45, 2.75) is 32.4 Å². The van der Waals surface area contributed by atoms with Crippen molar-refractivity contribution >= 4 is 35.2 Å². The number of hydrogen-bond donors (Lipinski definition) is 0. The summed E-state index contributed by atoms with van der Waals surface area (Å²) in [6, 6.07) is 1.16. The molecule has 0 fully saturated rings. The van der Waals surface area contributed by atoms with Gasteiger partial charge in [-0.15, -0.1) is 0 Å². The van der Waals surface area contributed by atoms with Crippen LogP contribution in [0, 0.1) is 0 Å². The van der Waals surface area contributed by atoms with Crippen LogP contribution in [-0.2, 0) is 11.5 Å². The molecule has 2 heterocycles. The summed E-state index contributed by atoms with van der Waals surface area (Å²) < 4.78 is 8.10. The molecule has 18 heavy (non-hydrogen) atoms. The smallest absolute Gasteiger partial charge is 0.179 e. The molecule has 0 aromatic carbocycles. The van der Waals surface area contributed by atoms with Crippen LogP contribution in [0.25, 0.3) is 11.2 Å². The van der Waals surface area contributed by atoms with Gasteiger partial charge < -0.3 is 4.74 Å². The van der Waals surface area contributed by atoms with E-state index in [-0.39, 0.29) is 0 Å². The Balaban J connectivity index is 1.96. The lowest BCUT2D eigenvalue weighted by Crippen LogP contribution is -2.22. The van der Waals surface area contributed by atoms with Crippen LogP contribution in [-0.4, -0.2) is 34.4 Å². The first-order valence-electron chi connectivity index (χ1n) is 5.87. The van der Waals surface area contributed by atoms with Gasteiger partial charge >= 0.3 is 0 Å². The zero-order chi connectivity index (χ0) is 13.2. The van der Waals surface area contributed by atoms with Crippen molar-refractivity contribution < 1.29 is 4.74 Å². The lowest BCUT2D eigenvalue weighted by Gasteiger charge is -2.15. The van der Waals surface area contributed by atoms with Gasteiger partial charge in [-0.2, -0.15) is 5.10 Å². The molecule has 0 N–H and O–H groups in total. The van der Waals surface area contributed by atoms with E-state index >= 15 is 0 Å². The monoisotopic (exact) mass is 328 g/mol. The maximum Gasteiger partial charge on any atom is 0.179 e. The molecule has 7 heteroatoms. The third-order valence-corrected chi connectivity index (χ3v) is 4.61. The van der Waals surface area contributed by atoms with Crippen LogP contribution < -0.4 is 0 Å². The molecule has 0 spiro atoms. The molecule has 0 aliphatic carbocycles. The summed E-state index contributed by atoms with van der Waals surface area (Å²) in [5.74, 6) is 0. The Kier molecular flexibility index (Phi) is 4.13. The van der Waals surface area contributed by atoms with Gasteiger partial charge in [0.15, 0.2) is 5.65 Å². The number of aromatic nitrogens is 4. The van der Waals surface area contributed by atoms with Crippen LogP contribution >= 0.6 is 15.9 Å². The molecule has 98 valence electrons. The van der Waals surface area contributed by atoms with Gasteiger partial charge in [0.2, 0.25) is 0 Å². The molecule has 2 aromatic rings. The second-order valence-corrected chi connectivity index (χ2v) is 11.8. The predicted molar refractivity (Wildman–Crippen MR) is 77.1 cm³/mol. The average Bonchev–Trinajstić information content (AvgIpc) is 2.65. The SMILES string of the molecule is C[Si](C)(C)CCOCn1ncc2nc(Br)cnc21. The second kappa shape index (κ2) is 5.46. The highest BCUT2D eigenvalue weighted by Gasteiger charge is 2.12. The van der Waals surface area contributed by atoms with E-state index in [4.69, 9.17) is 4.74 Å². The average molecular weight is 329 g/mol. The molecule has 0 aliphatic rings. The molecule has 0 saturated heterocycles. The number of hydrogen-bond acceptors (Lipinski definition) is 4. The molecular formula is C11H17BrN4OSi. The molecule has 2 aromatic heterocycles. The first-order valence-corrected chi connectivity index (χ1v) is 10.4. The highest BCUT2D eigenvalue weighted by atomic mass is 79.9. The zero-order valence-corrected chi connectivity index (χ0v) is 13.4. The van der Waals surface area contributed by atoms with Crippen LogP contribution in [0.5, 0.6) is 0 Å². The van der Waals surface area contributed by atoms with E-state index in [2.05, 4.69) is 50.6 Å². The first-order chi connectivity index (χ1) is 8.46. The quantitative estimate of drug-likeness (QED) is 0.625. The summed E-state index contributed by atoms with van der Waals surface area (Å²) in [5.41, 5.74) is 1.53. The number of rotatable bonds is 5. The summed E-state index contributed by atoms with van der Waals surface area (Å²) in [4.78, 5) is 8.57. The van der Waals surface area contributed by atoms with Crippen molar-refractivity contribution in [2.75, 3.05) is 6.61 Å². The summed E-state index contributed by atoms with van der Waals surface area (Å²) in [7, 11) is -1.03. The fourth-order valence-electron chi connectivity index (χ4n) is 1.46. The molecule has 5 nitrogen and oxygen atoms in total. The van der Waals surface area contributed by atoms with Crippen molar-refractivity contribution in [1.29, 1.82) is 0 Å². The highest BCUT2D eigenvalue weighted by Crippen LogP contribution is 2.13. The topological polar surface area (TPSA) is 52.8 Å². The number of ether oxygens (including phenoxy) is 1. The number of halogens is 1. The van der Waals surface area contributed by atoms with Crippen molar-refractivity contribution in [3.8, 4) is 0 Å². The van der Waals surface area contributed by atoms with Gasteiger partial charge in [-0.25, -0.2) is 14.6 Å². The summed E-state index contributed by atoms with van der Waals surface area (Å²) in [6.07, 6.45) is 3.37. The van der Waals surface area contributed by atoms with Crippen molar-refractivity contribution in [2.24, 2.45) is 0 Å². The van der Waals surface area contributed by atoms with Crippen LogP contribution in [0.2, 0.25) is 25.7 Å². The Morgan fingerprint density at radius 1 is 1.33 bits per heavy atom. The maximum atomic E-state index is 5.65. The number of nitrogens with zero attached hydrogens (tertiary/aromatic N) is 4. The Labute approximate surface area is 116 Å². The second-order valence-electron chi connectivity index (χ2n) is 5.39. The van der Waals surface area contributed by atoms with E-state index in [9.17, 15) is 0 Å². The molecular weight excluding hydrogens is 312 g/mol. The minimum atomic E-state index is -1.03. The molecule has 0 radical (unpaired) electrons. The van der Waals surface area contributed by atoms with Gasteiger partial charge in [0, 0.05) is 14.7 Å². The van der Waals surface area contributed by atoms with E-state index in [0.29, 0.717) is 11.3 Å². The molecule has 0 bridgehead atoms. The van der Waals surface area contributed by atoms with Gasteiger partial charge in [-0.1, -0.05) is 19.6 Å². The summed E-state index contributed by atoms with van der Waals surface area (Å²) in [6.45, 7) is 8.22. The molecule has 0 unspecified atom stereocenters. The maximum absolute atomic E-state index is 5.65. The van der Waals surface area contributed by atoms with Gasteiger partial charge in [0.25, 0.3) is 0 Å². The molecule has 0 amide bonds. The third kappa shape index (κ3) is 3.60. The third-order valence-electron chi connectivity index (χ3n) is 2.52. The van der Waals surface area contributed by atoms with E-state index in [0.717, 1.165) is 23.8 Å². The van der Waals surface area contributed by atoms with Crippen LogP contribution in [0.15, 0.2) is 17.0 Å². The molecule has 0 aliphatic heterocycles.